The Morgan fingerprint density at radius 2 is 2.17 bits per heavy atom. The number of aliphatic imine (C=N–C) groups is 1. The van der Waals surface area contributed by atoms with E-state index < -0.39 is 10.9 Å². The molecule has 8 nitrogen and oxygen atoms in total. The van der Waals surface area contributed by atoms with Gasteiger partial charge in [0.2, 0.25) is 0 Å². The molecule has 0 bridgehead atoms. The summed E-state index contributed by atoms with van der Waals surface area (Å²) in [6.45, 7) is 1.91. The summed E-state index contributed by atoms with van der Waals surface area (Å²) in [5.41, 5.74) is 0.879. The van der Waals surface area contributed by atoms with Crippen molar-refractivity contribution in [3.63, 3.8) is 0 Å². The Kier molecular flexibility index (Phi) is 4.63. The van der Waals surface area contributed by atoms with Crippen LogP contribution in [0.5, 0.6) is 0 Å². The molecule has 1 aromatic heterocycles. The molecule has 0 saturated carbocycles. The highest BCUT2D eigenvalue weighted by molar-refractivity contribution is 6.09. The number of nitro groups is 1. The molecular formula is C15H18N4O4. The molecule has 2 aromatic rings. The first kappa shape index (κ1) is 16.5. The van der Waals surface area contributed by atoms with E-state index in [2.05, 4.69) is 4.99 Å². The van der Waals surface area contributed by atoms with Gasteiger partial charge in [-0.3, -0.25) is 10.1 Å². The lowest BCUT2D eigenvalue weighted by molar-refractivity contribution is -0.383. The zero-order valence-electron chi connectivity index (χ0n) is 13.4. The van der Waals surface area contributed by atoms with Crippen LogP contribution in [0.3, 0.4) is 0 Å². The van der Waals surface area contributed by atoms with Crippen LogP contribution in [0.2, 0.25) is 0 Å². The average Bonchev–Trinajstić information content (AvgIpc) is 2.78. The molecular weight excluding hydrogens is 300 g/mol. The Bertz CT molecular complexity index is 792. The predicted molar refractivity (Wildman–Crippen MR) is 87.4 cm³/mol. The number of aromatic nitrogens is 1. The minimum absolute atomic E-state index is 0.0976. The molecule has 0 aliphatic rings. The van der Waals surface area contributed by atoms with Gasteiger partial charge in [0.05, 0.1) is 23.4 Å². The summed E-state index contributed by atoms with van der Waals surface area (Å²) in [5.74, 6) is -0.564. The maximum Gasteiger partial charge on any atom is 0.357 e. The van der Waals surface area contributed by atoms with Crippen LogP contribution in [0.1, 0.15) is 17.4 Å². The molecule has 0 aliphatic carbocycles. The fraction of sp³-hybridized carbons (Fsp3) is 0.333. The van der Waals surface area contributed by atoms with Gasteiger partial charge in [-0.05, 0) is 13.0 Å². The van der Waals surface area contributed by atoms with Crippen molar-refractivity contribution in [2.75, 3.05) is 20.7 Å². The van der Waals surface area contributed by atoms with E-state index in [1.165, 1.54) is 12.4 Å². The lowest BCUT2D eigenvalue weighted by Crippen LogP contribution is -2.11. The number of rotatable bonds is 5. The molecule has 122 valence electrons. The maximum absolute atomic E-state index is 12.3. The Hall–Kier alpha value is -2.90. The van der Waals surface area contributed by atoms with Crippen molar-refractivity contribution in [1.29, 1.82) is 0 Å². The minimum Gasteiger partial charge on any atom is -0.461 e. The summed E-state index contributed by atoms with van der Waals surface area (Å²) in [6.07, 6.45) is 1.49. The van der Waals surface area contributed by atoms with Crippen LogP contribution in [0.15, 0.2) is 23.2 Å². The fourth-order valence-corrected chi connectivity index (χ4v) is 2.33. The first-order valence-electron chi connectivity index (χ1n) is 7.02. The van der Waals surface area contributed by atoms with Crippen molar-refractivity contribution < 1.29 is 14.5 Å². The molecule has 0 saturated heterocycles. The monoisotopic (exact) mass is 318 g/mol. The first-order chi connectivity index (χ1) is 10.9. The Morgan fingerprint density at radius 3 is 2.74 bits per heavy atom. The van der Waals surface area contributed by atoms with Crippen LogP contribution in [0.25, 0.3) is 10.9 Å². The van der Waals surface area contributed by atoms with E-state index in [0.717, 1.165) is 0 Å². The van der Waals surface area contributed by atoms with Crippen molar-refractivity contribution >= 4 is 34.6 Å². The quantitative estimate of drug-likeness (QED) is 0.278. The normalized spacial score (nSPS) is 11.1. The van der Waals surface area contributed by atoms with Gasteiger partial charge in [-0.15, -0.1) is 0 Å². The number of carbonyl (C=O) groups is 1. The number of non-ortho nitro benzene ring substituents is 1. The van der Waals surface area contributed by atoms with E-state index in [0.29, 0.717) is 10.9 Å². The zero-order valence-corrected chi connectivity index (χ0v) is 13.4. The highest BCUT2D eigenvalue weighted by atomic mass is 16.6. The van der Waals surface area contributed by atoms with E-state index in [1.54, 1.807) is 49.7 Å². The Balaban J connectivity index is 2.85. The summed E-state index contributed by atoms with van der Waals surface area (Å²) in [6, 6.07) is 4.68. The number of nitrogens with zero attached hydrogens (tertiary/aromatic N) is 4. The zero-order chi connectivity index (χ0) is 17.1. The molecule has 23 heavy (non-hydrogen) atoms. The van der Waals surface area contributed by atoms with Gasteiger partial charge in [0.25, 0.3) is 5.69 Å². The van der Waals surface area contributed by atoms with Crippen LogP contribution in [0.4, 0.5) is 11.4 Å². The smallest absolute Gasteiger partial charge is 0.357 e. The summed E-state index contributed by atoms with van der Waals surface area (Å²) < 4.78 is 6.64. The first-order valence-corrected chi connectivity index (χ1v) is 7.02. The maximum atomic E-state index is 12.3. The standard InChI is InChI=1S/C15H18N4O4/c1-5-23-15(20)14-13(16-9-17(2)3)12-10(18(14)4)7-6-8-11(12)19(21)22/h6-9H,5H2,1-4H3. The van der Waals surface area contributed by atoms with Gasteiger partial charge in [0, 0.05) is 27.2 Å². The summed E-state index contributed by atoms with van der Waals surface area (Å²) in [7, 11) is 5.20. The van der Waals surface area contributed by atoms with Crippen LogP contribution < -0.4 is 0 Å². The minimum atomic E-state index is -0.564. The molecule has 0 unspecified atom stereocenters. The second-order valence-electron chi connectivity index (χ2n) is 5.11. The largest absolute Gasteiger partial charge is 0.461 e. The second kappa shape index (κ2) is 6.47. The molecule has 8 heteroatoms. The number of carbonyl (C=O) groups excluding carboxylic acids is 1. The molecule has 0 spiro atoms. The number of benzene rings is 1. The van der Waals surface area contributed by atoms with Gasteiger partial charge in [-0.2, -0.15) is 0 Å². The number of aryl methyl sites for hydroxylation is 1. The number of esters is 1. The van der Waals surface area contributed by atoms with E-state index in [-0.39, 0.29) is 23.7 Å². The van der Waals surface area contributed by atoms with Crippen molar-refractivity contribution in [3.8, 4) is 0 Å². The van der Waals surface area contributed by atoms with Gasteiger partial charge in [0.1, 0.15) is 11.1 Å². The molecule has 1 aromatic carbocycles. The van der Waals surface area contributed by atoms with Crippen molar-refractivity contribution in [3.05, 3.63) is 34.0 Å². The number of nitro benzene ring substituents is 1. The molecule has 0 N–H and O–H groups in total. The lowest BCUT2D eigenvalue weighted by Gasteiger charge is -2.06. The van der Waals surface area contributed by atoms with E-state index in [1.807, 2.05) is 0 Å². The van der Waals surface area contributed by atoms with Gasteiger partial charge in [0.15, 0.2) is 5.69 Å². The van der Waals surface area contributed by atoms with Crippen LogP contribution in [-0.4, -0.2) is 47.4 Å². The lowest BCUT2D eigenvalue weighted by atomic mass is 10.2. The van der Waals surface area contributed by atoms with Gasteiger partial charge in [-0.1, -0.05) is 6.07 Å². The molecule has 0 aliphatic heterocycles. The van der Waals surface area contributed by atoms with Gasteiger partial charge < -0.3 is 14.2 Å². The molecule has 0 atom stereocenters. The molecule has 0 amide bonds. The van der Waals surface area contributed by atoms with E-state index in [4.69, 9.17) is 4.74 Å². The van der Waals surface area contributed by atoms with Crippen LogP contribution in [0, 0.1) is 10.1 Å². The molecule has 0 fully saturated rings. The third kappa shape index (κ3) is 3.01. The van der Waals surface area contributed by atoms with Crippen molar-refractivity contribution in [2.45, 2.75) is 6.92 Å². The fourth-order valence-electron chi connectivity index (χ4n) is 2.33. The highest BCUT2D eigenvalue weighted by Crippen LogP contribution is 2.39. The number of fused-ring (bicyclic) bond motifs is 1. The van der Waals surface area contributed by atoms with Crippen molar-refractivity contribution in [2.24, 2.45) is 12.0 Å². The average molecular weight is 318 g/mol. The number of ether oxygens (including phenoxy) is 1. The highest BCUT2D eigenvalue weighted by Gasteiger charge is 2.27. The summed E-state index contributed by atoms with van der Waals surface area (Å²) in [4.78, 5) is 29.1. The Labute approximate surface area is 133 Å². The Morgan fingerprint density at radius 1 is 1.48 bits per heavy atom. The number of hydrogen-bond acceptors (Lipinski definition) is 5. The van der Waals surface area contributed by atoms with Crippen LogP contribution >= 0.6 is 0 Å². The SMILES string of the molecule is CCOC(=O)c1c(N=CN(C)C)c2c([N+](=O)[O-])cccc2n1C. The molecule has 2 rings (SSSR count). The van der Waals surface area contributed by atoms with E-state index >= 15 is 0 Å². The van der Waals surface area contributed by atoms with E-state index in [9.17, 15) is 14.9 Å². The summed E-state index contributed by atoms with van der Waals surface area (Å²) >= 11 is 0. The topological polar surface area (TPSA) is 90.0 Å². The predicted octanol–water partition coefficient (Wildman–Crippen LogP) is 2.48. The summed E-state index contributed by atoms with van der Waals surface area (Å²) in [5, 5.41) is 11.7. The third-order valence-electron chi connectivity index (χ3n) is 3.26. The third-order valence-corrected chi connectivity index (χ3v) is 3.26. The second-order valence-corrected chi connectivity index (χ2v) is 5.11. The van der Waals surface area contributed by atoms with Crippen molar-refractivity contribution in [1.82, 2.24) is 9.47 Å². The van der Waals surface area contributed by atoms with Gasteiger partial charge in [-0.25, -0.2) is 9.79 Å². The van der Waals surface area contributed by atoms with Gasteiger partial charge >= 0.3 is 5.97 Å². The number of hydrogen-bond donors (Lipinski definition) is 0. The van der Waals surface area contributed by atoms with Crippen LogP contribution in [-0.2, 0) is 11.8 Å². The molecule has 0 radical (unpaired) electrons. The molecule has 1 heterocycles.